The largest absolute Gasteiger partial charge is 0.480 e. The van der Waals surface area contributed by atoms with Crippen molar-refractivity contribution < 1.29 is 27.9 Å². The highest BCUT2D eigenvalue weighted by molar-refractivity contribution is 7.92. The van der Waals surface area contributed by atoms with Gasteiger partial charge < -0.3 is 5.11 Å². The van der Waals surface area contributed by atoms with Gasteiger partial charge in [-0.3, -0.25) is 19.3 Å². The average molecular weight is 515 g/mol. The van der Waals surface area contributed by atoms with Gasteiger partial charge in [-0.15, -0.1) is 0 Å². The third-order valence-electron chi connectivity index (χ3n) is 6.01. The number of nitrogens with zero attached hydrogens (tertiary/aromatic N) is 1. The van der Waals surface area contributed by atoms with Crippen LogP contribution in [0.25, 0.3) is 5.57 Å². The normalized spacial score (nSPS) is 20.5. The van der Waals surface area contributed by atoms with Crippen LogP contribution < -0.4 is 4.72 Å². The van der Waals surface area contributed by atoms with Crippen molar-refractivity contribution in [2.45, 2.75) is 29.5 Å². The third-order valence-corrected chi connectivity index (χ3v) is 8.69. The molecule has 2 atom stereocenters. The van der Waals surface area contributed by atoms with Crippen molar-refractivity contribution in [1.29, 1.82) is 0 Å². The lowest BCUT2D eigenvalue weighted by Crippen LogP contribution is -2.49. The van der Waals surface area contributed by atoms with Crippen molar-refractivity contribution in [2.24, 2.45) is 0 Å². The minimum Gasteiger partial charge on any atom is -0.480 e. The molecule has 8 nitrogen and oxygen atoms in total. The molecule has 0 saturated heterocycles. The number of fused-ring (bicyclic) bond motifs is 1. The molecule has 1 unspecified atom stereocenters. The standard InChI is InChI=1S/C25H23ClN2O6S/c26-25(14-12-18(13-15-25)17-7-2-1-3-8-17)35(33,34)27-21(24(31)32)11-6-16-28-22(29)19-9-4-5-10-20(19)23(28)30/h1-5,7-10,12-14,21,27H,6,11,15-16H2,(H,31,32)/t21-,25?/m1/s1. The summed E-state index contributed by atoms with van der Waals surface area (Å²) in [7, 11) is -4.29. The number of rotatable bonds is 9. The van der Waals surface area contributed by atoms with E-state index in [1.54, 1.807) is 36.4 Å². The Morgan fingerprint density at radius 3 is 2.20 bits per heavy atom. The molecule has 1 aliphatic carbocycles. The van der Waals surface area contributed by atoms with Crippen molar-refractivity contribution >= 4 is 45.0 Å². The molecule has 2 aliphatic rings. The van der Waals surface area contributed by atoms with Gasteiger partial charge in [0, 0.05) is 13.0 Å². The minimum absolute atomic E-state index is 0.0348. The Balaban J connectivity index is 1.39. The van der Waals surface area contributed by atoms with E-state index < -0.39 is 38.1 Å². The molecule has 0 saturated carbocycles. The molecule has 2 N–H and O–H groups in total. The van der Waals surface area contributed by atoms with Gasteiger partial charge in [-0.1, -0.05) is 66.2 Å². The van der Waals surface area contributed by atoms with Crippen molar-refractivity contribution in [3.8, 4) is 0 Å². The molecule has 0 bridgehead atoms. The molecule has 182 valence electrons. The zero-order valence-corrected chi connectivity index (χ0v) is 20.1. The summed E-state index contributed by atoms with van der Waals surface area (Å²) in [5, 5.41) is 9.60. The van der Waals surface area contributed by atoms with Crippen molar-refractivity contribution in [2.75, 3.05) is 6.54 Å². The fraction of sp³-hybridized carbons (Fsp3) is 0.240. The van der Waals surface area contributed by atoms with Gasteiger partial charge in [-0.25, -0.2) is 8.42 Å². The second-order valence-electron chi connectivity index (χ2n) is 8.31. The van der Waals surface area contributed by atoms with E-state index in [4.69, 9.17) is 11.6 Å². The molecular formula is C25H23ClN2O6S. The van der Waals surface area contributed by atoms with E-state index >= 15 is 0 Å². The van der Waals surface area contributed by atoms with Gasteiger partial charge in [0.05, 0.1) is 11.1 Å². The molecular weight excluding hydrogens is 492 g/mol. The summed E-state index contributed by atoms with van der Waals surface area (Å²) in [4.78, 5) is 37.8. The predicted octanol–water partition coefficient (Wildman–Crippen LogP) is 3.41. The topological polar surface area (TPSA) is 121 Å². The summed E-state index contributed by atoms with van der Waals surface area (Å²) in [5.41, 5.74) is 2.31. The summed E-state index contributed by atoms with van der Waals surface area (Å²) in [6, 6.07) is 14.3. The highest BCUT2D eigenvalue weighted by Crippen LogP contribution is 2.35. The third kappa shape index (κ3) is 4.93. The van der Waals surface area contributed by atoms with Gasteiger partial charge in [0.1, 0.15) is 6.04 Å². The molecule has 0 radical (unpaired) electrons. The molecule has 10 heteroatoms. The zero-order valence-electron chi connectivity index (χ0n) is 18.6. The molecule has 0 fully saturated rings. The summed E-state index contributed by atoms with van der Waals surface area (Å²) >= 11 is 6.42. The van der Waals surface area contributed by atoms with Crippen molar-refractivity contribution in [1.82, 2.24) is 9.62 Å². The Labute approximate surface area is 207 Å². The lowest BCUT2D eigenvalue weighted by molar-refractivity contribution is -0.139. The maximum Gasteiger partial charge on any atom is 0.321 e. The van der Waals surface area contributed by atoms with Crippen LogP contribution in [0.4, 0.5) is 0 Å². The Hall–Kier alpha value is -3.27. The number of amides is 2. The quantitative estimate of drug-likeness (QED) is 0.391. The monoisotopic (exact) mass is 514 g/mol. The van der Waals surface area contributed by atoms with Crippen LogP contribution in [0.2, 0.25) is 0 Å². The number of halogens is 1. The maximum atomic E-state index is 13.0. The zero-order chi connectivity index (χ0) is 25.2. The minimum atomic E-state index is -4.29. The van der Waals surface area contributed by atoms with Crippen LogP contribution in [0, 0.1) is 0 Å². The number of carbonyl (C=O) groups excluding carboxylic acids is 2. The lowest BCUT2D eigenvalue weighted by Gasteiger charge is -2.28. The Morgan fingerprint density at radius 1 is 1.06 bits per heavy atom. The van der Waals surface area contributed by atoms with E-state index in [1.165, 1.54) is 6.08 Å². The van der Waals surface area contributed by atoms with Crippen LogP contribution in [0.3, 0.4) is 0 Å². The number of allylic oxidation sites excluding steroid dienone is 3. The van der Waals surface area contributed by atoms with Gasteiger partial charge >= 0.3 is 5.97 Å². The van der Waals surface area contributed by atoms with E-state index in [0.29, 0.717) is 11.1 Å². The molecule has 2 aromatic rings. The number of carboxylic acid groups (broad SMARTS) is 1. The van der Waals surface area contributed by atoms with Crippen LogP contribution >= 0.6 is 11.6 Å². The maximum absolute atomic E-state index is 13.0. The van der Waals surface area contributed by atoms with Gasteiger partial charge in [-0.05, 0) is 42.2 Å². The van der Waals surface area contributed by atoms with E-state index in [2.05, 4.69) is 4.72 Å². The first-order valence-corrected chi connectivity index (χ1v) is 12.8. The molecule has 35 heavy (non-hydrogen) atoms. The molecule has 4 rings (SSSR count). The number of carbonyl (C=O) groups is 3. The van der Waals surface area contributed by atoms with E-state index in [0.717, 1.165) is 16.0 Å². The SMILES string of the molecule is O=C(O)[C@@H](CCCN1C(=O)c2ccccc2C1=O)NS(=O)(=O)C1(Cl)C=CC(c2ccccc2)=CC1. The highest BCUT2D eigenvalue weighted by atomic mass is 35.5. The lowest BCUT2D eigenvalue weighted by atomic mass is 9.99. The number of alkyl halides is 1. The predicted molar refractivity (Wildman–Crippen MR) is 131 cm³/mol. The van der Waals surface area contributed by atoms with Crippen molar-refractivity contribution in [3.63, 3.8) is 0 Å². The van der Waals surface area contributed by atoms with Crippen LogP contribution in [0.15, 0.2) is 72.8 Å². The number of nitrogens with one attached hydrogen (secondary N) is 1. The van der Waals surface area contributed by atoms with Gasteiger partial charge in [-0.2, -0.15) is 4.72 Å². The number of imide groups is 1. The number of aliphatic carboxylic acids is 1. The van der Waals surface area contributed by atoms with E-state index in [1.807, 2.05) is 30.3 Å². The summed E-state index contributed by atoms with van der Waals surface area (Å²) in [6.07, 6.45) is 4.55. The van der Waals surface area contributed by atoms with Crippen LogP contribution in [0.1, 0.15) is 45.5 Å². The Morgan fingerprint density at radius 2 is 1.66 bits per heavy atom. The molecule has 1 aliphatic heterocycles. The van der Waals surface area contributed by atoms with Crippen LogP contribution in [-0.2, 0) is 14.8 Å². The molecule has 2 aromatic carbocycles. The van der Waals surface area contributed by atoms with Gasteiger partial charge in [0.25, 0.3) is 11.8 Å². The molecule has 2 amide bonds. The second-order valence-corrected chi connectivity index (χ2v) is 11.2. The number of hydrogen-bond acceptors (Lipinski definition) is 5. The second kappa shape index (κ2) is 9.77. The summed E-state index contributed by atoms with van der Waals surface area (Å²) < 4.78 is 26.4. The first-order chi connectivity index (χ1) is 16.6. The number of hydrogen-bond donors (Lipinski definition) is 2. The van der Waals surface area contributed by atoms with Crippen LogP contribution in [0.5, 0.6) is 0 Å². The number of carboxylic acids is 1. The molecule has 0 aromatic heterocycles. The van der Waals surface area contributed by atoms with Gasteiger partial charge in [0.15, 0.2) is 4.21 Å². The first kappa shape index (κ1) is 24.8. The van der Waals surface area contributed by atoms with E-state index in [9.17, 15) is 27.9 Å². The van der Waals surface area contributed by atoms with Gasteiger partial charge in [0.2, 0.25) is 10.0 Å². The molecule has 0 spiro atoms. The Kier molecular flexibility index (Phi) is 6.93. The average Bonchev–Trinajstić information content (AvgIpc) is 3.09. The van der Waals surface area contributed by atoms with Crippen molar-refractivity contribution in [3.05, 3.63) is 89.5 Å². The fourth-order valence-corrected chi connectivity index (χ4v) is 5.67. The van der Waals surface area contributed by atoms with Crippen LogP contribution in [-0.4, -0.2) is 53.0 Å². The highest BCUT2D eigenvalue weighted by Gasteiger charge is 2.42. The Bertz CT molecular complexity index is 1300. The fourth-order valence-electron chi connectivity index (χ4n) is 4.06. The molecule has 1 heterocycles. The number of benzene rings is 2. The summed E-state index contributed by atoms with van der Waals surface area (Å²) in [6.45, 7) is -0.0348. The smallest absolute Gasteiger partial charge is 0.321 e. The van der Waals surface area contributed by atoms with E-state index in [-0.39, 0.29) is 25.8 Å². The summed E-state index contributed by atoms with van der Waals surface area (Å²) in [5.74, 6) is -2.28. The number of sulfonamides is 1. The first-order valence-electron chi connectivity index (χ1n) is 11.0.